The van der Waals surface area contributed by atoms with E-state index in [2.05, 4.69) is 23.7 Å². The Hall–Kier alpha value is -0.670. The van der Waals surface area contributed by atoms with E-state index in [1.165, 1.54) is 11.3 Å². The average molecular weight is 336 g/mol. The highest BCUT2D eigenvalue weighted by Crippen LogP contribution is 2.64. The van der Waals surface area contributed by atoms with Crippen LogP contribution in [0.25, 0.3) is 0 Å². The van der Waals surface area contributed by atoms with E-state index in [4.69, 9.17) is 11.6 Å². The zero-order valence-corrected chi connectivity index (χ0v) is 14.5. The number of carbonyl (C=O) groups is 1. The van der Waals surface area contributed by atoms with Gasteiger partial charge in [0.15, 0.2) is 0 Å². The molecule has 1 N–H and O–H groups in total. The van der Waals surface area contributed by atoms with Gasteiger partial charge in [0.05, 0.1) is 5.41 Å². The molecule has 0 unspecified atom stereocenters. The second-order valence-electron chi connectivity index (χ2n) is 7.58. The lowest BCUT2D eigenvalue weighted by Gasteiger charge is -2.59. The molecule has 0 spiro atoms. The van der Waals surface area contributed by atoms with Crippen molar-refractivity contribution in [1.29, 1.82) is 0 Å². The van der Waals surface area contributed by atoms with Gasteiger partial charge in [-0.2, -0.15) is 0 Å². The fourth-order valence-corrected chi connectivity index (χ4v) is 6.53. The van der Waals surface area contributed by atoms with Crippen LogP contribution in [0.5, 0.6) is 0 Å². The molecule has 0 aromatic heterocycles. The van der Waals surface area contributed by atoms with Gasteiger partial charge in [-0.15, -0.1) is 23.4 Å². The number of benzene rings is 1. The zero-order valence-electron chi connectivity index (χ0n) is 12.9. The van der Waals surface area contributed by atoms with Gasteiger partial charge in [0.2, 0.25) is 5.91 Å². The summed E-state index contributed by atoms with van der Waals surface area (Å²) in [6, 6.07) is 8.11. The van der Waals surface area contributed by atoms with Gasteiger partial charge in [-0.05, 0) is 74.8 Å². The van der Waals surface area contributed by atoms with Crippen LogP contribution >= 0.6 is 23.4 Å². The first kappa shape index (κ1) is 14.9. The molecule has 1 amide bonds. The van der Waals surface area contributed by atoms with Gasteiger partial charge in [0.1, 0.15) is 0 Å². The Morgan fingerprint density at radius 1 is 1.27 bits per heavy atom. The standard InChI is InChI=1S/C18H22ClNOS/c1-22-15-4-2-3-14(6-15)20-16(21)17-7-12-5-13(8-17)10-18(19,9-12)11-17/h2-4,6,12-13H,5,7-11H2,1H3,(H,20,21)/t12-,13-,17?,18?/m1/s1. The number of carbonyl (C=O) groups excluding carboxylic acids is 1. The summed E-state index contributed by atoms with van der Waals surface area (Å²) in [7, 11) is 0. The summed E-state index contributed by atoms with van der Waals surface area (Å²) < 4.78 is 0. The molecule has 1 aromatic rings. The van der Waals surface area contributed by atoms with Gasteiger partial charge in [-0.25, -0.2) is 0 Å². The van der Waals surface area contributed by atoms with E-state index in [0.29, 0.717) is 11.8 Å². The van der Waals surface area contributed by atoms with Crippen molar-refractivity contribution in [1.82, 2.24) is 0 Å². The van der Waals surface area contributed by atoms with Crippen LogP contribution in [0.3, 0.4) is 0 Å². The highest BCUT2D eigenvalue weighted by Gasteiger charge is 2.60. The third-order valence-corrected chi connectivity index (χ3v) is 6.97. The molecule has 4 bridgehead atoms. The number of nitrogens with one attached hydrogen (secondary N) is 1. The number of thioether (sulfide) groups is 1. The first-order chi connectivity index (χ1) is 10.5. The fraction of sp³-hybridized carbons (Fsp3) is 0.611. The number of hydrogen-bond acceptors (Lipinski definition) is 2. The molecule has 0 heterocycles. The maximum absolute atomic E-state index is 13.0. The van der Waals surface area contributed by atoms with Crippen LogP contribution in [-0.2, 0) is 4.79 Å². The Bertz CT molecular complexity index is 603. The summed E-state index contributed by atoms with van der Waals surface area (Å²) in [5, 5.41) is 3.18. The second-order valence-corrected chi connectivity index (χ2v) is 9.26. The van der Waals surface area contributed by atoms with Crippen LogP contribution in [0.15, 0.2) is 29.2 Å². The molecule has 0 aliphatic heterocycles. The van der Waals surface area contributed by atoms with Crippen LogP contribution in [-0.4, -0.2) is 17.0 Å². The normalized spacial score (nSPS) is 39.0. The summed E-state index contributed by atoms with van der Waals surface area (Å²) in [5.74, 6) is 1.51. The van der Waals surface area contributed by atoms with Crippen molar-refractivity contribution < 1.29 is 4.79 Å². The number of halogens is 1. The van der Waals surface area contributed by atoms with Crippen LogP contribution in [0.4, 0.5) is 5.69 Å². The van der Waals surface area contributed by atoms with Gasteiger partial charge >= 0.3 is 0 Å². The van der Waals surface area contributed by atoms with E-state index in [1.807, 2.05) is 12.1 Å². The van der Waals surface area contributed by atoms with Crippen molar-refractivity contribution in [2.75, 3.05) is 11.6 Å². The molecule has 4 aliphatic rings. The molecule has 0 saturated heterocycles. The van der Waals surface area contributed by atoms with Gasteiger partial charge in [0, 0.05) is 15.5 Å². The monoisotopic (exact) mass is 335 g/mol. The average Bonchev–Trinajstić information content (AvgIpc) is 2.45. The van der Waals surface area contributed by atoms with E-state index in [-0.39, 0.29) is 16.2 Å². The molecule has 4 aliphatic carbocycles. The van der Waals surface area contributed by atoms with Gasteiger partial charge in [0.25, 0.3) is 0 Å². The van der Waals surface area contributed by atoms with Crippen molar-refractivity contribution in [3.63, 3.8) is 0 Å². The molecule has 2 atom stereocenters. The lowest BCUT2D eigenvalue weighted by atomic mass is 9.49. The maximum Gasteiger partial charge on any atom is 0.230 e. The Labute approximate surface area is 141 Å². The molecular formula is C18H22ClNOS. The predicted molar refractivity (Wildman–Crippen MR) is 92.6 cm³/mol. The zero-order chi connectivity index (χ0) is 15.4. The SMILES string of the molecule is CSc1cccc(NC(=O)C23C[C@H]4C[C@@H](CC(Cl)(C4)C2)C3)c1. The first-order valence-electron chi connectivity index (χ1n) is 8.15. The Kier molecular flexibility index (Phi) is 3.50. The smallest absolute Gasteiger partial charge is 0.230 e. The van der Waals surface area contributed by atoms with Crippen molar-refractivity contribution in [3.8, 4) is 0 Å². The van der Waals surface area contributed by atoms with Crippen LogP contribution in [0.1, 0.15) is 38.5 Å². The Morgan fingerprint density at radius 3 is 2.64 bits per heavy atom. The number of rotatable bonds is 3. The van der Waals surface area contributed by atoms with Crippen molar-refractivity contribution in [2.24, 2.45) is 17.3 Å². The van der Waals surface area contributed by atoms with E-state index in [9.17, 15) is 4.79 Å². The number of anilines is 1. The second kappa shape index (κ2) is 5.17. The molecule has 4 saturated carbocycles. The molecule has 4 fully saturated rings. The van der Waals surface area contributed by atoms with Crippen molar-refractivity contribution in [2.45, 2.75) is 48.3 Å². The molecule has 1 aromatic carbocycles. The molecule has 4 heteroatoms. The highest BCUT2D eigenvalue weighted by atomic mass is 35.5. The minimum absolute atomic E-state index is 0.109. The number of hydrogen-bond donors (Lipinski definition) is 1. The first-order valence-corrected chi connectivity index (χ1v) is 9.75. The van der Waals surface area contributed by atoms with Gasteiger partial charge in [-0.1, -0.05) is 6.07 Å². The maximum atomic E-state index is 13.0. The highest BCUT2D eigenvalue weighted by molar-refractivity contribution is 7.98. The van der Waals surface area contributed by atoms with Crippen molar-refractivity contribution >= 4 is 35.0 Å². The quantitative estimate of drug-likeness (QED) is 0.627. The van der Waals surface area contributed by atoms with Gasteiger partial charge in [-0.3, -0.25) is 4.79 Å². The summed E-state index contributed by atoms with van der Waals surface area (Å²) in [4.78, 5) is 14.1. The van der Waals surface area contributed by atoms with E-state index < -0.39 is 0 Å². The third kappa shape index (κ3) is 2.46. The van der Waals surface area contributed by atoms with Crippen molar-refractivity contribution in [3.05, 3.63) is 24.3 Å². The minimum Gasteiger partial charge on any atom is -0.326 e. The summed E-state index contributed by atoms with van der Waals surface area (Å²) in [6.07, 6.45) is 8.49. The summed E-state index contributed by atoms with van der Waals surface area (Å²) in [6.45, 7) is 0. The predicted octanol–water partition coefficient (Wildman–Crippen LogP) is 4.92. The molecule has 2 nitrogen and oxygen atoms in total. The molecule has 5 rings (SSSR count). The third-order valence-electron chi connectivity index (χ3n) is 5.80. The minimum atomic E-state index is -0.221. The van der Waals surface area contributed by atoms with Crippen LogP contribution in [0.2, 0.25) is 0 Å². The lowest BCUT2D eigenvalue weighted by Crippen LogP contribution is -2.57. The fourth-order valence-electron chi connectivity index (χ4n) is 5.38. The molecular weight excluding hydrogens is 314 g/mol. The lowest BCUT2D eigenvalue weighted by molar-refractivity contribution is -0.138. The van der Waals surface area contributed by atoms with E-state index >= 15 is 0 Å². The topological polar surface area (TPSA) is 29.1 Å². The molecule has 118 valence electrons. The van der Waals surface area contributed by atoms with Crippen LogP contribution in [0, 0.1) is 17.3 Å². The largest absolute Gasteiger partial charge is 0.326 e. The van der Waals surface area contributed by atoms with E-state index in [0.717, 1.165) is 37.8 Å². The summed E-state index contributed by atoms with van der Waals surface area (Å²) in [5.41, 5.74) is 0.692. The molecule has 22 heavy (non-hydrogen) atoms. The van der Waals surface area contributed by atoms with E-state index in [1.54, 1.807) is 11.8 Å². The Morgan fingerprint density at radius 2 is 2.00 bits per heavy atom. The van der Waals surface area contributed by atoms with Gasteiger partial charge < -0.3 is 5.32 Å². The Balaban J connectivity index is 1.57. The molecule has 0 radical (unpaired) electrons. The number of amides is 1. The number of alkyl halides is 1. The summed E-state index contributed by atoms with van der Waals surface area (Å²) >= 11 is 8.53. The van der Waals surface area contributed by atoms with Crippen LogP contribution < -0.4 is 5.32 Å².